The van der Waals surface area contributed by atoms with Gasteiger partial charge in [0.1, 0.15) is 0 Å². The third-order valence-electron chi connectivity index (χ3n) is 3.03. The van der Waals surface area contributed by atoms with Crippen LogP contribution in [0.5, 0.6) is 0 Å². The van der Waals surface area contributed by atoms with Crippen LogP contribution < -0.4 is 5.32 Å². The number of aromatic carboxylic acids is 1. The van der Waals surface area contributed by atoms with Crippen LogP contribution in [0, 0.1) is 6.92 Å². The number of carbonyl (C=O) groups is 1. The number of aryl methyl sites for hydroxylation is 1. The molecule has 1 atom stereocenters. The molecular formula is C15H17NO2S. The number of rotatable bonds is 5. The SMILES string of the molecule is Cc1ccc(C(C)NCc2ccccc2C(=O)O)s1. The summed E-state index contributed by atoms with van der Waals surface area (Å²) < 4.78 is 0. The third kappa shape index (κ3) is 3.43. The van der Waals surface area contributed by atoms with Gasteiger partial charge in [0.15, 0.2) is 0 Å². The van der Waals surface area contributed by atoms with Gasteiger partial charge in [0.2, 0.25) is 0 Å². The second-order valence-corrected chi connectivity index (χ2v) is 5.83. The van der Waals surface area contributed by atoms with Gasteiger partial charge >= 0.3 is 5.97 Å². The van der Waals surface area contributed by atoms with Crippen LogP contribution in [0.25, 0.3) is 0 Å². The molecule has 1 unspecified atom stereocenters. The Balaban J connectivity index is 2.05. The van der Waals surface area contributed by atoms with E-state index in [0.29, 0.717) is 12.1 Å². The van der Waals surface area contributed by atoms with Gasteiger partial charge in [0.05, 0.1) is 5.56 Å². The standard InChI is InChI=1S/C15H17NO2S/c1-10-7-8-14(19-10)11(2)16-9-12-5-3-4-6-13(12)15(17)18/h3-8,11,16H,9H2,1-2H3,(H,17,18). The molecule has 1 heterocycles. The zero-order chi connectivity index (χ0) is 13.8. The Hall–Kier alpha value is -1.65. The minimum Gasteiger partial charge on any atom is -0.478 e. The van der Waals surface area contributed by atoms with E-state index in [1.807, 2.05) is 12.1 Å². The van der Waals surface area contributed by atoms with Crippen molar-refractivity contribution in [1.82, 2.24) is 5.32 Å². The van der Waals surface area contributed by atoms with Crippen LogP contribution >= 0.6 is 11.3 Å². The summed E-state index contributed by atoms with van der Waals surface area (Å²) in [6.07, 6.45) is 0. The Morgan fingerprint density at radius 2 is 2.05 bits per heavy atom. The average molecular weight is 275 g/mol. The molecular weight excluding hydrogens is 258 g/mol. The molecule has 2 N–H and O–H groups in total. The average Bonchev–Trinajstić information content (AvgIpc) is 2.83. The number of hydrogen-bond donors (Lipinski definition) is 2. The summed E-state index contributed by atoms with van der Waals surface area (Å²) in [5, 5.41) is 12.5. The quantitative estimate of drug-likeness (QED) is 0.876. The number of hydrogen-bond acceptors (Lipinski definition) is 3. The highest BCUT2D eigenvalue weighted by molar-refractivity contribution is 7.12. The molecule has 19 heavy (non-hydrogen) atoms. The van der Waals surface area contributed by atoms with Gasteiger partial charge in [-0.05, 0) is 37.6 Å². The van der Waals surface area contributed by atoms with E-state index in [1.54, 1.807) is 23.5 Å². The molecule has 0 saturated carbocycles. The molecule has 0 aliphatic carbocycles. The van der Waals surface area contributed by atoms with Crippen molar-refractivity contribution in [2.24, 2.45) is 0 Å². The minimum atomic E-state index is -0.878. The number of carboxylic acid groups (broad SMARTS) is 1. The predicted molar refractivity (Wildman–Crippen MR) is 77.7 cm³/mol. The first-order valence-electron chi connectivity index (χ1n) is 6.19. The van der Waals surface area contributed by atoms with E-state index in [9.17, 15) is 4.79 Å². The molecule has 0 spiro atoms. The van der Waals surface area contributed by atoms with Crippen LogP contribution in [0.15, 0.2) is 36.4 Å². The highest BCUT2D eigenvalue weighted by Crippen LogP contribution is 2.22. The lowest BCUT2D eigenvalue weighted by molar-refractivity contribution is 0.0695. The van der Waals surface area contributed by atoms with Gasteiger partial charge in [0, 0.05) is 22.3 Å². The molecule has 0 amide bonds. The van der Waals surface area contributed by atoms with Crippen molar-refractivity contribution in [2.45, 2.75) is 26.4 Å². The van der Waals surface area contributed by atoms with E-state index in [4.69, 9.17) is 5.11 Å². The summed E-state index contributed by atoms with van der Waals surface area (Å²) in [6, 6.07) is 11.5. The summed E-state index contributed by atoms with van der Waals surface area (Å²) in [5.74, 6) is -0.878. The molecule has 4 heteroatoms. The van der Waals surface area contributed by atoms with Crippen molar-refractivity contribution < 1.29 is 9.90 Å². The number of carboxylic acids is 1. The van der Waals surface area contributed by atoms with Crippen LogP contribution in [-0.4, -0.2) is 11.1 Å². The van der Waals surface area contributed by atoms with Crippen LogP contribution in [0.1, 0.15) is 38.6 Å². The van der Waals surface area contributed by atoms with Crippen LogP contribution in [0.3, 0.4) is 0 Å². The van der Waals surface area contributed by atoms with E-state index in [2.05, 4.69) is 31.3 Å². The van der Waals surface area contributed by atoms with Gasteiger partial charge in [-0.3, -0.25) is 0 Å². The molecule has 0 saturated heterocycles. The number of nitrogens with one attached hydrogen (secondary N) is 1. The molecule has 0 bridgehead atoms. The molecule has 2 rings (SSSR count). The largest absolute Gasteiger partial charge is 0.478 e. The Bertz CT molecular complexity index is 577. The lowest BCUT2D eigenvalue weighted by Gasteiger charge is -2.13. The summed E-state index contributed by atoms with van der Waals surface area (Å²) in [5.41, 5.74) is 1.18. The highest BCUT2D eigenvalue weighted by Gasteiger charge is 2.11. The Morgan fingerprint density at radius 1 is 1.32 bits per heavy atom. The lowest BCUT2D eigenvalue weighted by Crippen LogP contribution is -2.19. The van der Waals surface area contributed by atoms with Crippen LogP contribution in [0.2, 0.25) is 0 Å². The highest BCUT2D eigenvalue weighted by atomic mass is 32.1. The zero-order valence-electron chi connectivity index (χ0n) is 11.0. The molecule has 0 fully saturated rings. The predicted octanol–water partition coefficient (Wildman–Crippen LogP) is 3.61. The van der Waals surface area contributed by atoms with Crippen molar-refractivity contribution in [1.29, 1.82) is 0 Å². The van der Waals surface area contributed by atoms with Gasteiger partial charge in [-0.2, -0.15) is 0 Å². The molecule has 100 valence electrons. The molecule has 3 nitrogen and oxygen atoms in total. The molecule has 0 aliphatic heterocycles. The van der Waals surface area contributed by atoms with Crippen LogP contribution in [0.4, 0.5) is 0 Å². The smallest absolute Gasteiger partial charge is 0.336 e. The zero-order valence-corrected chi connectivity index (χ0v) is 11.8. The third-order valence-corrected chi connectivity index (χ3v) is 4.22. The van der Waals surface area contributed by atoms with Crippen molar-refractivity contribution >= 4 is 17.3 Å². The number of benzene rings is 1. The minimum absolute atomic E-state index is 0.223. The summed E-state index contributed by atoms with van der Waals surface area (Å²) >= 11 is 1.76. The summed E-state index contributed by atoms with van der Waals surface area (Å²) in [6.45, 7) is 4.73. The molecule has 2 aromatic rings. The fourth-order valence-corrected chi connectivity index (χ4v) is 2.84. The van der Waals surface area contributed by atoms with Crippen molar-refractivity contribution in [2.75, 3.05) is 0 Å². The van der Waals surface area contributed by atoms with Crippen molar-refractivity contribution in [3.63, 3.8) is 0 Å². The molecule has 1 aromatic heterocycles. The number of thiophene rings is 1. The Labute approximate surface area is 116 Å². The van der Waals surface area contributed by atoms with Gasteiger partial charge in [-0.15, -0.1) is 11.3 Å². The van der Waals surface area contributed by atoms with Gasteiger partial charge < -0.3 is 10.4 Å². The molecule has 1 aromatic carbocycles. The molecule has 0 aliphatic rings. The van der Waals surface area contributed by atoms with Gasteiger partial charge in [-0.1, -0.05) is 18.2 Å². The van der Waals surface area contributed by atoms with Crippen molar-refractivity contribution in [3.05, 3.63) is 57.3 Å². The fraction of sp³-hybridized carbons (Fsp3) is 0.267. The second-order valence-electron chi connectivity index (χ2n) is 4.51. The Kier molecular flexibility index (Phi) is 4.35. The van der Waals surface area contributed by atoms with Crippen LogP contribution in [-0.2, 0) is 6.54 Å². The maximum atomic E-state index is 11.1. The first kappa shape index (κ1) is 13.8. The second kappa shape index (κ2) is 5.99. The maximum absolute atomic E-state index is 11.1. The maximum Gasteiger partial charge on any atom is 0.336 e. The molecule has 0 radical (unpaired) electrons. The Morgan fingerprint density at radius 3 is 2.68 bits per heavy atom. The van der Waals surface area contributed by atoms with Gasteiger partial charge in [-0.25, -0.2) is 4.79 Å². The lowest BCUT2D eigenvalue weighted by atomic mass is 10.1. The van der Waals surface area contributed by atoms with E-state index < -0.39 is 5.97 Å². The summed E-state index contributed by atoms with van der Waals surface area (Å²) in [4.78, 5) is 13.7. The normalized spacial score (nSPS) is 12.3. The fourth-order valence-electron chi connectivity index (χ4n) is 1.93. The first-order chi connectivity index (χ1) is 9.08. The van der Waals surface area contributed by atoms with E-state index in [0.717, 1.165) is 5.56 Å². The topological polar surface area (TPSA) is 49.3 Å². The van der Waals surface area contributed by atoms with Crippen molar-refractivity contribution in [3.8, 4) is 0 Å². The van der Waals surface area contributed by atoms with E-state index in [1.165, 1.54) is 9.75 Å². The van der Waals surface area contributed by atoms with E-state index >= 15 is 0 Å². The first-order valence-corrected chi connectivity index (χ1v) is 7.00. The monoisotopic (exact) mass is 275 g/mol. The van der Waals surface area contributed by atoms with Gasteiger partial charge in [0.25, 0.3) is 0 Å². The summed E-state index contributed by atoms with van der Waals surface area (Å²) in [7, 11) is 0. The van der Waals surface area contributed by atoms with E-state index in [-0.39, 0.29) is 6.04 Å².